The molecule has 0 unspecified atom stereocenters. The highest BCUT2D eigenvalue weighted by Crippen LogP contribution is 2.11. The molecular weight excluding hydrogens is 491 g/mol. The van der Waals surface area contributed by atoms with Gasteiger partial charge in [0.1, 0.15) is 12.3 Å². The van der Waals surface area contributed by atoms with E-state index in [0.29, 0.717) is 12.5 Å². The average molecular weight is 524 g/mol. The van der Waals surface area contributed by atoms with Crippen LogP contribution in [0.1, 0.15) is 16.7 Å². The van der Waals surface area contributed by atoms with E-state index in [0.717, 1.165) is 18.7 Å². The number of nitrogens with zero attached hydrogens (tertiary/aromatic N) is 3. The van der Waals surface area contributed by atoms with Crippen LogP contribution < -0.4 is 10.1 Å². The Morgan fingerprint density at radius 1 is 1.00 bits per heavy atom. The van der Waals surface area contributed by atoms with Crippen molar-refractivity contribution >= 4 is 35.8 Å². The lowest BCUT2D eigenvalue weighted by molar-refractivity contribution is -0.127. The molecule has 0 saturated heterocycles. The third kappa shape index (κ3) is 8.61. The molecule has 7 heteroatoms. The topological polar surface area (TPSA) is 57.2 Å². The highest BCUT2D eigenvalue weighted by Gasteiger charge is 2.10. The minimum atomic E-state index is -0.0248. The van der Waals surface area contributed by atoms with Crippen LogP contribution in [0.15, 0.2) is 53.5 Å². The van der Waals surface area contributed by atoms with E-state index in [1.165, 1.54) is 16.7 Å². The van der Waals surface area contributed by atoms with Gasteiger partial charge in [-0.2, -0.15) is 0 Å². The lowest BCUT2D eigenvalue weighted by atomic mass is 10.1. The van der Waals surface area contributed by atoms with Crippen molar-refractivity contribution in [3.05, 3.63) is 65.2 Å². The van der Waals surface area contributed by atoms with Gasteiger partial charge in [-0.05, 0) is 36.6 Å². The molecule has 0 heterocycles. The van der Waals surface area contributed by atoms with Gasteiger partial charge in [-0.15, -0.1) is 24.0 Å². The fraction of sp³-hybridized carbons (Fsp3) is 0.391. The molecule has 6 nitrogen and oxygen atoms in total. The molecule has 0 aliphatic rings. The highest BCUT2D eigenvalue weighted by molar-refractivity contribution is 14.0. The molecule has 2 aromatic rings. The number of hydrogen-bond donors (Lipinski definition) is 1. The summed E-state index contributed by atoms with van der Waals surface area (Å²) in [6.07, 6.45) is 0.850. The molecule has 0 spiro atoms. The zero-order valence-electron chi connectivity index (χ0n) is 18.5. The fourth-order valence-electron chi connectivity index (χ4n) is 2.75. The smallest absolute Gasteiger partial charge is 0.243 e. The second kappa shape index (κ2) is 13.1. The molecule has 0 fully saturated rings. The van der Waals surface area contributed by atoms with E-state index < -0.39 is 0 Å². The third-order valence-corrected chi connectivity index (χ3v) is 4.62. The first-order valence-corrected chi connectivity index (χ1v) is 9.77. The summed E-state index contributed by atoms with van der Waals surface area (Å²) in [5, 5.41) is 3.40. The Kier molecular flexibility index (Phi) is 11.2. The minimum absolute atomic E-state index is 0. The lowest BCUT2D eigenvalue weighted by Gasteiger charge is -2.23. The van der Waals surface area contributed by atoms with Gasteiger partial charge in [0, 0.05) is 34.2 Å². The molecular formula is C23H33IN4O2. The normalized spacial score (nSPS) is 10.8. The van der Waals surface area contributed by atoms with Crippen LogP contribution in [0.5, 0.6) is 5.75 Å². The number of aliphatic imine (C=N–C) groups is 1. The summed E-state index contributed by atoms with van der Waals surface area (Å²) in [4.78, 5) is 20.1. The number of rotatable bonds is 8. The van der Waals surface area contributed by atoms with Crippen molar-refractivity contribution in [1.82, 2.24) is 15.1 Å². The summed E-state index contributed by atoms with van der Waals surface area (Å²) in [5.41, 5.74) is 3.64. The molecule has 0 bridgehead atoms. The van der Waals surface area contributed by atoms with Crippen molar-refractivity contribution in [2.75, 3.05) is 41.3 Å². The number of ether oxygens (including phenoxy) is 1. The number of methoxy groups -OCH3 is 1. The Labute approximate surface area is 197 Å². The third-order valence-electron chi connectivity index (χ3n) is 4.62. The molecule has 1 amide bonds. The molecule has 0 aliphatic heterocycles. The van der Waals surface area contributed by atoms with E-state index in [1.807, 2.05) is 24.1 Å². The number of amides is 1. The number of likely N-dealkylation sites (N-methyl/N-ethyl adjacent to an activating group) is 1. The molecule has 0 atom stereocenters. The maximum absolute atomic E-state index is 12.0. The van der Waals surface area contributed by atoms with Gasteiger partial charge in [0.05, 0.1) is 7.11 Å². The molecule has 2 aromatic carbocycles. The number of carbonyl (C=O) groups excluding carboxylic acids is 1. The van der Waals surface area contributed by atoms with Gasteiger partial charge in [0.25, 0.3) is 0 Å². The van der Waals surface area contributed by atoms with Gasteiger partial charge in [0.15, 0.2) is 5.96 Å². The van der Waals surface area contributed by atoms with E-state index in [4.69, 9.17) is 4.74 Å². The summed E-state index contributed by atoms with van der Waals surface area (Å²) in [7, 11) is 7.13. The van der Waals surface area contributed by atoms with Crippen LogP contribution in [0.4, 0.5) is 0 Å². The van der Waals surface area contributed by atoms with E-state index in [1.54, 1.807) is 26.1 Å². The summed E-state index contributed by atoms with van der Waals surface area (Å²) in [5.74, 6) is 1.54. The Bertz CT molecular complexity index is 805. The van der Waals surface area contributed by atoms with Gasteiger partial charge >= 0.3 is 0 Å². The largest absolute Gasteiger partial charge is 0.497 e. The summed E-state index contributed by atoms with van der Waals surface area (Å²) >= 11 is 0. The number of guanidine groups is 1. The van der Waals surface area contributed by atoms with Gasteiger partial charge in [0.2, 0.25) is 5.91 Å². The molecule has 0 aromatic heterocycles. The van der Waals surface area contributed by atoms with Crippen molar-refractivity contribution in [3.8, 4) is 5.75 Å². The summed E-state index contributed by atoms with van der Waals surface area (Å²) in [6, 6.07) is 16.5. The Hall–Kier alpha value is -2.29. The standard InChI is InChI=1S/C23H32N4O2.HI/c1-18-6-8-20(9-7-18)17-27(4)23(25-16-22(28)26(2)3)24-15-14-19-10-12-21(29-5)13-11-19;/h6-13H,14-17H2,1-5H3,(H,24,25);1H. The van der Waals surface area contributed by atoms with Crippen molar-refractivity contribution < 1.29 is 9.53 Å². The predicted octanol–water partition coefficient (Wildman–Crippen LogP) is 3.33. The second-order valence-electron chi connectivity index (χ2n) is 7.29. The predicted molar refractivity (Wildman–Crippen MR) is 134 cm³/mol. The van der Waals surface area contributed by atoms with Gasteiger partial charge in [-0.1, -0.05) is 42.0 Å². The van der Waals surface area contributed by atoms with Crippen LogP contribution in [0.25, 0.3) is 0 Å². The quantitative estimate of drug-likeness (QED) is 0.327. The van der Waals surface area contributed by atoms with Crippen molar-refractivity contribution in [2.24, 2.45) is 4.99 Å². The van der Waals surface area contributed by atoms with Crippen molar-refractivity contribution in [2.45, 2.75) is 19.9 Å². The molecule has 30 heavy (non-hydrogen) atoms. The van der Waals surface area contributed by atoms with Crippen LogP contribution in [-0.4, -0.2) is 63.0 Å². The van der Waals surface area contributed by atoms with Crippen LogP contribution in [0.3, 0.4) is 0 Å². The average Bonchev–Trinajstić information content (AvgIpc) is 2.72. The Morgan fingerprint density at radius 3 is 2.17 bits per heavy atom. The zero-order chi connectivity index (χ0) is 21.2. The zero-order valence-corrected chi connectivity index (χ0v) is 20.8. The number of halogens is 1. The van der Waals surface area contributed by atoms with Crippen molar-refractivity contribution in [3.63, 3.8) is 0 Å². The minimum Gasteiger partial charge on any atom is -0.497 e. The Morgan fingerprint density at radius 2 is 1.60 bits per heavy atom. The van der Waals surface area contributed by atoms with Crippen LogP contribution in [0.2, 0.25) is 0 Å². The lowest BCUT2D eigenvalue weighted by Crippen LogP contribution is -2.40. The van der Waals surface area contributed by atoms with Crippen LogP contribution in [-0.2, 0) is 17.8 Å². The Balaban J connectivity index is 0.00000450. The first-order chi connectivity index (χ1) is 13.9. The number of benzene rings is 2. The van der Waals surface area contributed by atoms with Gasteiger partial charge < -0.3 is 19.9 Å². The molecule has 2 rings (SSSR count). The van der Waals surface area contributed by atoms with Crippen LogP contribution in [0, 0.1) is 6.92 Å². The fourth-order valence-corrected chi connectivity index (χ4v) is 2.75. The molecule has 164 valence electrons. The summed E-state index contributed by atoms with van der Waals surface area (Å²) in [6.45, 7) is 3.63. The van der Waals surface area contributed by atoms with E-state index in [-0.39, 0.29) is 36.4 Å². The monoisotopic (exact) mass is 524 g/mol. The maximum Gasteiger partial charge on any atom is 0.243 e. The SMILES string of the molecule is COc1ccc(CCNC(=NCC(=O)N(C)C)N(C)Cc2ccc(C)cc2)cc1.I. The first-order valence-electron chi connectivity index (χ1n) is 9.77. The number of aryl methyl sites for hydroxylation is 1. The molecule has 1 N–H and O–H groups in total. The molecule has 0 aliphatic carbocycles. The maximum atomic E-state index is 12.0. The first kappa shape index (κ1) is 25.7. The number of hydrogen-bond acceptors (Lipinski definition) is 3. The van der Waals surface area contributed by atoms with E-state index >= 15 is 0 Å². The van der Waals surface area contributed by atoms with E-state index in [2.05, 4.69) is 53.6 Å². The van der Waals surface area contributed by atoms with Gasteiger partial charge in [-0.3, -0.25) is 4.79 Å². The van der Waals surface area contributed by atoms with Crippen molar-refractivity contribution in [1.29, 1.82) is 0 Å². The molecule has 0 radical (unpaired) electrons. The number of nitrogens with one attached hydrogen (secondary N) is 1. The number of carbonyl (C=O) groups is 1. The summed E-state index contributed by atoms with van der Waals surface area (Å²) < 4.78 is 5.20. The van der Waals surface area contributed by atoms with Gasteiger partial charge in [-0.25, -0.2) is 4.99 Å². The second-order valence-corrected chi connectivity index (χ2v) is 7.29. The van der Waals surface area contributed by atoms with E-state index in [9.17, 15) is 4.79 Å². The molecule has 0 saturated carbocycles. The van der Waals surface area contributed by atoms with Crippen LogP contribution >= 0.6 is 24.0 Å². The highest BCUT2D eigenvalue weighted by atomic mass is 127.